The SMILES string of the molecule is Cc1ccc(C(F)(F)F)cc1NCc1ccc(F)c(Br)c1. The molecule has 0 heterocycles. The first-order chi connectivity index (χ1) is 9.77. The quantitative estimate of drug-likeness (QED) is 0.709. The molecule has 0 aliphatic heterocycles. The Labute approximate surface area is 128 Å². The van der Waals surface area contributed by atoms with E-state index in [0.717, 1.165) is 17.7 Å². The van der Waals surface area contributed by atoms with E-state index in [1.54, 1.807) is 19.1 Å². The second kappa shape index (κ2) is 6.05. The van der Waals surface area contributed by atoms with Crippen molar-refractivity contribution < 1.29 is 17.6 Å². The summed E-state index contributed by atoms with van der Waals surface area (Å²) >= 11 is 3.07. The van der Waals surface area contributed by atoms with Crippen LogP contribution in [-0.2, 0) is 12.7 Å². The van der Waals surface area contributed by atoms with Gasteiger partial charge in [0.1, 0.15) is 5.82 Å². The molecular formula is C15H12BrF4N. The summed E-state index contributed by atoms with van der Waals surface area (Å²) in [6.07, 6.45) is -4.37. The molecular weight excluding hydrogens is 350 g/mol. The molecule has 112 valence electrons. The zero-order chi connectivity index (χ0) is 15.6. The lowest BCUT2D eigenvalue weighted by molar-refractivity contribution is -0.137. The van der Waals surface area contributed by atoms with Gasteiger partial charge >= 0.3 is 6.18 Å². The van der Waals surface area contributed by atoms with Crippen LogP contribution in [0.3, 0.4) is 0 Å². The van der Waals surface area contributed by atoms with Gasteiger partial charge in [0.15, 0.2) is 0 Å². The van der Waals surface area contributed by atoms with Crippen LogP contribution in [0.4, 0.5) is 23.2 Å². The molecule has 0 aromatic heterocycles. The molecule has 0 saturated heterocycles. The van der Waals surface area contributed by atoms with Crippen molar-refractivity contribution in [3.8, 4) is 0 Å². The van der Waals surface area contributed by atoms with E-state index in [0.29, 0.717) is 22.3 Å². The van der Waals surface area contributed by atoms with Crippen molar-refractivity contribution in [3.05, 3.63) is 63.4 Å². The van der Waals surface area contributed by atoms with Crippen LogP contribution in [0.25, 0.3) is 0 Å². The average molecular weight is 362 g/mol. The maximum absolute atomic E-state index is 13.1. The minimum absolute atomic E-state index is 0.307. The Hall–Kier alpha value is -1.56. The van der Waals surface area contributed by atoms with Crippen molar-refractivity contribution in [2.45, 2.75) is 19.6 Å². The minimum atomic E-state index is -4.37. The number of nitrogens with one attached hydrogen (secondary N) is 1. The van der Waals surface area contributed by atoms with E-state index in [2.05, 4.69) is 21.2 Å². The third-order valence-corrected chi connectivity index (χ3v) is 3.64. The van der Waals surface area contributed by atoms with E-state index < -0.39 is 11.7 Å². The first-order valence-corrected chi connectivity index (χ1v) is 6.92. The lowest BCUT2D eigenvalue weighted by Gasteiger charge is -2.13. The summed E-state index contributed by atoms with van der Waals surface area (Å²) in [6.45, 7) is 2.03. The van der Waals surface area contributed by atoms with E-state index in [1.807, 2.05) is 0 Å². The summed E-state index contributed by atoms with van der Waals surface area (Å²) in [6, 6.07) is 8.02. The molecule has 0 saturated carbocycles. The summed E-state index contributed by atoms with van der Waals surface area (Å²) in [5.74, 6) is -0.381. The second-order valence-corrected chi connectivity index (χ2v) is 5.48. The summed E-state index contributed by atoms with van der Waals surface area (Å²) in [5.41, 5.74) is 1.19. The lowest BCUT2D eigenvalue weighted by Crippen LogP contribution is -2.07. The van der Waals surface area contributed by atoms with E-state index in [-0.39, 0.29) is 5.82 Å². The highest BCUT2D eigenvalue weighted by atomic mass is 79.9. The molecule has 2 aromatic rings. The Morgan fingerprint density at radius 1 is 1.10 bits per heavy atom. The first kappa shape index (κ1) is 15.8. The minimum Gasteiger partial charge on any atom is -0.381 e. The molecule has 1 N–H and O–H groups in total. The number of anilines is 1. The molecule has 0 aliphatic rings. The number of rotatable bonds is 3. The molecule has 2 aromatic carbocycles. The fourth-order valence-corrected chi connectivity index (χ4v) is 2.26. The number of alkyl halides is 3. The van der Waals surface area contributed by atoms with Gasteiger partial charge in [-0.15, -0.1) is 0 Å². The highest BCUT2D eigenvalue weighted by molar-refractivity contribution is 9.10. The Morgan fingerprint density at radius 2 is 1.81 bits per heavy atom. The Kier molecular flexibility index (Phi) is 4.56. The normalized spacial score (nSPS) is 11.5. The summed E-state index contributed by atoms with van der Waals surface area (Å²) < 4.78 is 51.5. The van der Waals surface area contributed by atoms with Gasteiger partial charge in [0.05, 0.1) is 10.0 Å². The van der Waals surface area contributed by atoms with Crippen LogP contribution < -0.4 is 5.32 Å². The van der Waals surface area contributed by atoms with Gasteiger partial charge < -0.3 is 5.32 Å². The summed E-state index contributed by atoms with van der Waals surface area (Å²) in [5, 5.41) is 2.95. The molecule has 0 spiro atoms. The Morgan fingerprint density at radius 3 is 2.43 bits per heavy atom. The molecule has 6 heteroatoms. The molecule has 0 aliphatic carbocycles. The van der Waals surface area contributed by atoms with Crippen LogP contribution in [0.1, 0.15) is 16.7 Å². The van der Waals surface area contributed by atoms with Crippen molar-refractivity contribution in [1.29, 1.82) is 0 Å². The van der Waals surface area contributed by atoms with Crippen molar-refractivity contribution in [3.63, 3.8) is 0 Å². The summed E-state index contributed by atoms with van der Waals surface area (Å²) in [4.78, 5) is 0. The number of hydrogen-bond donors (Lipinski definition) is 1. The van der Waals surface area contributed by atoms with Gasteiger partial charge in [-0.1, -0.05) is 12.1 Å². The van der Waals surface area contributed by atoms with Crippen molar-refractivity contribution in [2.75, 3.05) is 5.32 Å². The highest BCUT2D eigenvalue weighted by Crippen LogP contribution is 2.32. The Balaban J connectivity index is 2.17. The third-order valence-electron chi connectivity index (χ3n) is 3.03. The van der Waals surface area contributed by atoms with Gasteiger partial charge in [0.2, 0.25) is 0 Å². The van der Waals surface area contributed by atoms with Crippen LogP contribution in [-0.4, -0.2) is 0 Å². The van der Waals surface area contributed by atoms with Crippen LogP contribution >= 0.6 is 15.9 Å². The predicted molar refractivity (Wildman–Crippen MR) is 77.6 cm³/mol. The molecule has 0 radical (unpaired) electrons. The number of hydrogen-bond acceptors (Lipinski definition) is 1. The largest absolute Gasteiger partial charge is 0.416 e. The van der Waals surface area contributed by atoms with Gasteiger partial charge in [-0.25, -0.2) is 4.39 Å². The lowest BCUT2D eigenvalue weighted by atomic mass is 10.1. The van der Waals surface area contributed by atoms with Gasteiger partial charge in [-0.05, 0) is 58.2 Å². The van der Waals surface area contributed by atoms with Gasteiger partial charge in [0, 0.05) is 12.2 Å². The zero-order valence-corrected chi connectivity index (χ0v) is 12.6. The van der Waals surface area contributed by atoms with Crippen molar-refractivity contribution >= 4 is 21.6 Å². The van der Waals surface area contributed by atoms with Crippen LogP contribution in [0.2, 0.25) is 0 Å². The smallest absolute Gasteiger partial charge is 0.381 e. The predicted octanol–water partition coefficient (Wildman–Crippen LogP) is 5.53. The molecule has 1 nitrogen and oxygen atoms in total. The summed E-state index contributed by atoms with van der Waals surface area (Å²) in [7, 11) is 0. The number of halogens is 5. The van der Waals surface area contributed by atoms with Crippen LogP contribution in [0.15, 0.2) is 40.9 Å². The van der Waals surface area contributed by atoms with E-state index in [1.165, 1.54) is 12.1 Å². The van der Waals surface area contributed by atoms with Crippen LogP contribution in [0.5, 0.6) is 0 Å². The number of benzene rings is 2. The Bertz CT molecular complexity index is 653. The molecule has 0 fully saturated rings. The van der Waals surface area contributed by atoms with E-state index in [4.69, 9.17) is 0 Å². The van der Waals surface area contributed by atoms with Gasteiger partial charge in [0.25, 0.3) is 0 Å². The molecule has 0 unspecified atom stereocenters. The van der Waals surface area contributed by atoms with Crippen molar-refractivity contribution in [2.24, 2.45) is 0 Å². The molecule has 0 amide bonds. The van der Waals surface area contributed by atoms with Crippen molar-refractivity contribution in [1.82, 2.24) is 0 Å². The third kappa shape index (κ3) is 3.97. The van der Waals surface area contributed by atoms with Gasteiger partial charge in [-0.2, -0.15) is 13.2 Å². The number of aryl methyl sites for hydroxylation is 1. The van der Waals surface area contributed by atoms with E-state index in [9.17, 15) is 17.6 Å². The van der Waals surface area contributed by atoms with Gasteiger partial charge in [-0.3, -0.25) is 0 Å². The van der Waals surface area contributed by atoms with E-state index >= 15 is 0 Å². The second-order valence-electron chi connectivity index (χ2n) is 4.63. The molecule has 21 heavy (non-hydrogen) atoms. The highest BCUT2D eigenvalue weighted by Gasteiger charge is 2.30. The standard InChI is InChI=1S/C15H12BrF4N/c1-9-2-4-11(15(18,19)20)7-14(9)21-8-10-3-5-13(17)12(16)6-10/h2-7,21H,8H2,1H3. The molecule has 0 atom stereocenters. The topological polar surface area (TPSA) is 12.0 Å². The maximum Gasteiger partial charge on any atom is 0.416 e. The monoisotopic (exact) mass is 361 g/mol. The van der Waals surface area contributed by atoms with Crippen LogP contribution in [0, 0.1) is 12.7 Å². The fraction of sp³-hybridized carbons (Fsp3) is 0.200. The first-order valence-electron chi connectivity index (χ1n) is 6.13. The average Bonchev–Trinajstić information content (AvgIpc) is 2.40. The zero-order valence-electron chi connectivity index (χ0n) is 11.1. The molecule has 2 rings (SSSR count). The maximum atomic E-state index is 13.1. The fourth-order valence-electron chi connectivity index (χ4n) is 1.84. The molecule has 0 bridgehead atoms.